The second-order valence-corrected chi connectivity index (χ2v) is 8.21. The number of ether oxygens (including phenoxy) is 1. The molecular weight excluding hydrogens is 441 g/mol. The van der Waals surface area contributed by atoms with Crippen molar-refractivity contribution < 1.29 is 36.2 Å². The maximum absolute atomic E-state index is 13.5. The van der Waals surface area contributed by atoms with Gasteiger partial charge in [0.25, 0.3) is 12.0 Å². The van der Waals surface area contributed by atoms with Crippen molar-refractivity contribution in [2.45, 2.75) is 17.0 Å². The van der Waals surface area contributed by atoms with E-state index < -0.39 is 51.5 Å². The zero-order valence-corrected chi connectivity index (χ0v) is 16.6. The van der Waals surface area contributed by atoms with Crippen LogP contribution in [0.25, 0.3) is 0 Å². The molecule has 0 aliphatic carbocycles. The highest BCUT2D eigenvalue weighted by molar-refractivity contribution is 7.89. The van der Waals surface area contributed by atoms with Gasteiger partial charge in [-0.05, 0) is 18.2 Å². The van der Waals surface area contributed by atoms with E-state index in [-0.39, 0.29) is 28.8 Å². The van der Waals surface area contributed by atoms with Gasteiger partial charge in [0.15, 0.2) is 11.4 Å². The first-order chi connectivity index (χ1) is 14.5. The number of anilines is 1. The van der Waals surface area contributed by atoms with Gasteiger partial charge in [-0.3, -0.25) is 4.79 Å². The van der Waals surface area contributed by atoms with E-state index in [1.807, 2.05) is 0 Å². The van der Waals surface area contributed by atoms with Gasteiger partial charge in [-0.2, -0.15) is 14.0 Å². The average molecular weight is 456 g/mol. The van der Waals surface area contributed by atoms with Crippen molar-refractivity contribution in [1.82, 2.24) is 9.29 Å². The number of hydrogen-bond donors (Lipinski definition) is 3. The fourth-order valence-electron chi connectivity index (χ4n) is 2.93. The normalized spacial score (nSPS) is 18.0. The predicted octanol–water partition coefficient (Wildman–Crippen LogP) is 1.47. The molecule has 0 radical (unpaired) electrons. The molecule has 1 aliphatic heterocycles. The second kappa shape index (κ2) is 8.42. The van der Waals surface area contributed by atoms with Gasteiger partial charge in [-0.1, -0.05) is 0 Å². The molecule has 164 valence electrons. The highest BCUT2D eigenvalue weighted by Gasteiger charge is 2.36. The lowest BCUT2D eigenvalue weighted by atomic mass is 10.2. The van der Waals surface area contributed by atoms with E-state index in [1.54, 1.807) is 6.07 Å². The Hall–Kier alpha value is -3.34. The molecule has 2 heterocycles. The number of nitriles is 1. The zero-order chi connectivity index (χ0) is 22.9. The minimum absolute atomic E-state index is 0.0735. The number of carbonyl (C=O) groups is 1. The van der Waals surface area contributed by atoms with Crippen molar-refractivity contribution in [2.24, 2.45) is 7.05 Å². The lowest BCUT2D eigenvalue weighted by Gasteiger charge is -2.18. The Labute approximate surface area is 174 Å². The number of nitrogens with zero attached hydrogens (tertiary/aromatic N) is 2. The van der Waals surface area contributed by atoms with Crippen LogP contribution in [0.2, 0.25) is 0 Å². The van der Waals surface area contributed by atoms with Crippen molar-refractivity contribution in [2.75, 3.05) is 11.9 Å². The third kappa shape index (κ3) is 4.55. The summed E-state index contributed by atoms with van der Waals surface area (Å²) in [6.07, 6.45) is -2.83. The van der Waals surface area contributed by atoms with Crippen LogP contribution in [0.4, 0.5) is 18.9 Å². The number of rotatable bonds is 4. The Bertz CT molecular complexity index is 1220. The number of carbonyl (C=O) groups excluding carboxylic acids is 1. The Morgan fingerprint density at radius 2 is 2.19 bits per heavy atom. The van der Waals surface area contributed by atoms with Crippen LogP contribution < -0.4 is 14.8 Å². The molecule has 9 nitrogen and oxygen atoms in total. The van der Waals surface area contributed by atoms with Crippen molar-refractivity contribution >= 4 is 21.6 Å². The number of aromatic nitrogens is 1. The number of nitrogens with one attached hydrogen (secondary N) is 2. The van der Waals surface area contributed by atoms with Gasteiger partial charge >= 0.3 is 0 Å². The Kier molecular flexibility index (Phi) is 6.07. The van der Waals surface area contributed by atoms with Gasteiger partial charge in [0.1, 0.15) is 23.4 Å². The first-order valence-electron chi connectivity index (χ1n) is 8.60. The summed E-state index contributed by atoms with van der Waals surface area (Å²) in [7, 11) is -2.96. The molecule has 1 aromatic carbocycles. The van der Waals surface area contributed by atoms with E-state index in [2.05, 4.69) is 10.0 Å². The Morgan fingerprint density at radius 1 is 1.48 bits per heavy atom. The lowest BCUT2D eigenvalue weighted by Crippen LogP contribution is -2.44. The number of amides is 1. The van der Waals surface area contributed by atoms with Crippen LogP contribution in [0.5, 0.6) is 5.75 Å². The van der Waals surface area contributed by atoms with E-state index in [0.29, 0.717) is 0 Å². The van der Waals surface area contributed by atoms with Gasteiger partial charge in [0, 0.05) is 25.0 Å². The van der Waals surface area contributed by atoms with Crippen molar-refractivity contribution in [3.05, 3.63) is 53.6 Å². The number of halogens is 3. The molecule has 1 amide bonds. The fourth-order valence-corrected chi connectivity index (χ4v) is 4.36. The number of benzene rings is 1. The predicted molar refractivity (Wildman–Crippen MR) is 100 cm³/mol. The lowest BCUT2D eigenvalue weighted by molar-refractivity contribution is 0.101. The highest BCUT2D eigenvalue weighted by Crippen LogP contribution is 2.33. The molecule has 0 unspecified atom stereocenters. The molecule has 2 atom stereocenters. The molecule has 0 spiro atoms. The van der Waals surface area contributed by atoms with Crippen LogP contribution in [0.1, 0.15) is 16.1 Å². The summed E-state index contributed by atoms with van der Waals surface area (Å²) in [6.45, 7) is -0.545. The number of aliphatic hydroxyl groups is 1. The molecule has 0 fully saturated rings. The van der Waals surface area contributed by atoms with Crippen LogP contribution in [0.3, 0.4) is 0 Å². The first kappa shape index (κ1) is 22.3. The summed E-state index contributed by atoms with van der Waals surface area (Å²) in [6, 6.07) is 3.48. The summed E-state index contributed by atoms with van der Waals surface area (Å²) in [5.41, 5.74) is -0.466. The Morgan fingerprint density at radius 3 is 2.84 bits per heavy atom. The van der Waals surface area contributed by atoms with Crippen LogP contribution >= 0.6 is 0 Å². The maximum atomic E-state index is 13.5. The number of fused-ring (bicyclic) bond motifs is 1. The highest BCUT2D eigenvalue weighted by atomic mass is 32.2. The minimum Gasteiger partial charge on any atom is -0.488 e. The first-order valence-corrected chi connectivity index (χ1v) is 10.1. The van der Waals surface area contributed by atoms with E-state index >= 15 is 0 Å². The number of aliphatic hydroxyl groups excluding tert-OH is 1. The third-order valence-corrected chi connectivity index (χ3v) is 5.86. The summed E-state index contributed by atoms with van der Waals surface area (Å²) >= 11 is 0. The van der Waals surface area contributed by atoms with Gasteiger partial charge < -0.3 is 19.7 Å². The number of hydrogen-bond acceptors (Lipinski definition) is 6. The quantitative estimate of drug-likeness (QED) is 0.638. The van der Waals surface area contributed by atoms with Crippen LogP contribution in [-0.2, 0) is 17.1 Å². The average Bonchev–Trinajstić information content (AvgIpc) is 2.96. The van der Waals surface area contributed by atoms with E-state index in [1.165, 1.54) is 17.7 Å². The summed E-state index contributed by atoms with van der Waals surface area (Å²) in [5, 5.41) is 21.1. The second-order valence-electron chi connectivity index (χ2n) is 6.53. The molecule has 3 rings (SSSR count). The van der Waals surface area contributed by atoms with Crippen molar-refractivity contribution in [3.8, 4) is 11.8 Å². The summed E-state index contributed by atoms with van der Waals surface area (Å²) in [5.74, 6) is -1.96. The third-order valence-electron chi connectivity index (χ3n) is 4.37. The number of aryl methyl sites for hydroxylation is 1. The maximum Gasteiger partial charge on any atom is 0.276 e. The number of sulfonamides is 1. The molecule has 3 N–H and O–H groups in total. The molecule has 1 aromatic heterocycles. The largest absolute Gasteiger partial charge is 0.488 e. The van der Waals surface area contributed by atoms with Crippen LogP contribution in [-0.4, -0.2) is 42.8 Å². The van der Waals surface area contributed by atoms with Crippen molar-refractivity contribution in [1.29, 1.82) is 5.26 Å². The van der Waals surface area contributed by atoms with Crippen molar-refractivity contribution in [3.63, 3.8) is 0 Å². The van der Waals surface area contributed by atoms with E-state index in [4.69, 9.17) is 10.00 Å². The monoisotopic (exact) mass is 456 g/mol. The fraction of sp³-hybridized carbons (Fsp3) is 0.222. The topological polar surface area (TPSA) is 133 Å². The molecule has 0 bridgehead atoms. The molecule has 31 heavy (non-hydrogen) atoms. The van der Waals surface area contributed by atoms with Gasteiger partial charge in [0.05, 0.1) is 17.7 Å². The molecule has 1 aliphatic rings. The smallest absolute Gasteiger partial charge is 0.276 e. The Balaban J connectivity index is 1.95. The molecular formula is C18H15F3N4O5S. The molecule has 13 heteroatoms. The summed E-state index contributed by atoms with van der Waals surface area (Å²) in [4.78, 5) is 12.3. The molecule has 0 saturated carbocycles. The van der Waals surface area contributed by atoms with Crippen LogP contribution in [0, 0.1) is 17.1 Å². The SMILES string of the molecule is Cn1cc2c(c1C(=O)Nc1ccc(F)c(C#N)c1)OC[C@@H]([C@H](O)C=C(F)F)NS2(=O)=O. The van der Waals surface area contributed by atoms with E-state index in [0.717, 1.165) is 18.3 Å². The van der Waals surface area contributed by atoms with Gasteiger partial charge in [-0.15, -0.1) is 0 Å². The van der Waals surface area contributed by atoms with Gasteiger partial charge in [0.2, 0.25) is 10.0 Å². The van der Waals surface area contributed by atoms with Crippen LogP contribution in [0.15, 0.2) is 41.4 Å². The van der Waals surface area contributed by atoms with Gasteiger partial charge in [-0.25, -0.2) is 17.5 Å². The zero-order valence-electron chi connectivity index (χ0n) is 15.8. The van der Waals surface area contributed by atoms with E-state index in [9.17, 15) is 31.5 Å². The summed E-state index contributed by atoms with van der Waals surface area (Å²) < 4.78 is 72.2. The molecule has 0 saturated heterocycles. The standard InChI is InChI=1S/C18H15F3N4O5S/c1-25-7-14-17(30-8-12(24-31(14,28)29)13(26)5-15(20)21)16(25)18(27)23-10-2-3-11(19)9(4-10)6-22/h2-5,7,12-13,24,26H,8H2,1H3,(H,23,27)/t12-,13+/m0/s1. The minimum atomic E-state index is -4.34. The molecule has 2 aromatic rings.